The number of hydrogen-bond donors (Lipinski definition) is 0. The molecule has 0 aliphatic heterocycles. The van der Waals surface area contributed by atoms with Crippen LogP contribution in [0.4, 0.5) is 0 Å². The number of rotatable bonds is 5. The van der Waals surface area contributed by atoms with Crippen molar-refractivity contribution in [3.8, 4) is 34.1 Å². The summed E-state index contributed by atoms with van der Waals surface area (Å²) in [6, 6.07) is 13.4. The molecule has 0 aliphatic carbocycles. The van der Waals surface area contributed by atoms with E-state index in [2.05, 4.69) is 12.1 Å². The van der Waals surface area contributed by atoms with E-state index in [1.807, 2.05) is 12.1 Å². The predicted octanol–water partition coefficient (Wildman–Crippen LogP) is 2.99. The summed E-state index contributed by atoms with van der Waals surface area (Å²) in [7, 11) is 6.38. The van der Waals surface area contributed by atoms with Crippen LogP contribution < -0.4 is 18.9 Å². The molecule has 106 valence electrons. The monoisotopic (exact) mass is 336 g/mol. The van der Waals surface area contributed by atoms with Crippen molar-refractivity contribution in [2.24, 2.45) is 0 Å². The second-order valence-corrected chi connectivity index (χ2v) is 3.97. The Morgan fingerprint density at radius 1 is 0.619 bits per heavy atom. The van der Waals surface area contributed by atoms with E-state index in [0.717, 1.165) is 11.1 Å². The molecule has 0 radical (unpaired) electrons. The summed E-state index contributed by atoms with van der Waals surface area (Å²) in [6.45, 7) is 0. The molecule has 21 heavy (non-hydrogen) atoms. The van der Waals surface area contributed by atoms with Gasteiger partial charge in [-0.1, -0.05) is 0 Å². The smallest absolute Gasteiger partial charge is 0.536 e. The van der Waals surface area contributed by atoms with Gasteiger partial charge in [-0.2, -0.15) is 12.1 Å². The van der Waals surface area contributed by atoms with Crippen molar-refractivity contribution in [2.75, 3.05) is 28.4 Å². The van der Waals surface area contributed by atoms with Crippen LogP contribution in [0.25, 0.3) is 11.1 Å². The standard InChI is InChI=1S/C16H16O4.Zn/c1-17-13-7-5-11(9-15(13)19-3)12-6-8-14(18-2)16(10-12)20-4;/h7-10H,1-4H3;/q-2;+2. The van der Waals surface area contributed by atoms with Crippen LogP contribution in [0.5, 0.6) is 23.0 Å². The Morgan fingerprint density at radius 3 is 1.24 bits per heavy atom. The zero-order valence-electron chi connectivity index (χ0n) is 12.6. The van der Waals surface area contributed by atoms with Crippen LogP contribution in [0.15, 0.2) is 24.3 Å². The quantitative estimate of drug-likeness (QED) is 0.621. The van der Waals surface area contributed by atoms with Crippen LogP contribution in [-0.2, 0) is 19.5 Å². The van der Waals surface area contributed by atoms with E-state index < -0.39 is 0 Å². The summed E-state index contributed by atoms with van der Waals surface area (Å²) >= 11 is 0. The first-order valence-electron chi connectivity index (χ1n) is 6.01. The zero-order valence-corrected chi connectivity index (χ0v) is 15.6. The van der Waals surface area contributed by atoms with Gasteiger partial charge >= 0.3 is 19.5 Å². The van der Waals surface area contributed by atoms with Crippen molar-refractivity contribution in [3.63, 3.8) is 0 Å². The third kappa shape index (κ3) is 3.67. The van der Waals surface area contributed by atoms with Gasteiger partial charge in [0, 0.05) is 0 Å². The van der Waals surface area contributed by atoms with E-state index >= 15 is 0 Å². The average Bonchev–Trinajstić information content (AvgIpc) is 2.53. The molecule has 4 nitrogen and oxygen atoms in total. The molecule has 0 saturated carbocycles. The second-order valence-electron chi connectivity index (χ2n) is 3.97. The summed E-state index contributed by atoms with van der Waals surface area (Å²) in [4.78, 5) is 0. The van der Waals surface area contributed by atoms with E-state index in [1.54, 1.807) is 40.6 Å². The van der Waals surface area contributed by atoms with E-state index in [-0.39, 0.29) is 19.5 Å². The maximum atomic E-state index is 5.29. The van der Waals surface area contributed by atoms with Crippen LogP contribution in [0, 0.1) is 12.1 Å². The molecule has 2 aromatic carbocycles. The predicted molar refractivity (Wildman–Crippen MR) is 75.8 cm³/mol. The second kappa shape index (κ2) is 7.89. The van der Waals surface area contributed by atoms with E-state index in [0.29, 0.717) is 23.0 Å². The molecule has 0 bridgehead atoms. The number of benzene rings is 2. The van der Waals surface area contributed by atoms with Gasteiger partial charge in [0.25, 0.3) is 0 Å². The van der Waals surface area contributed by atoms with Crippen molar-refractivity contribution in [2.45, 2.75) is 0 Å². The summed E-state index contributed by atoms with van der Waals surface area (Å²) in [5.41, 5.74) is 1.67. The molecule has 0 fully saturated rings. The molecule has 0 saturated heterocycles. The summed E-state index contributed by atoms with van der Waals surface area (Å²) in [5.74, 6) is 2.56. The van der Waals surface area contributed by atoms with Crippen molar-refractivity contribution in [1.82, 2.24) is 0 Å². The molecule has 2 aromatic rings. The van der Waals surface area contributed by atoms with Crippen molar-refractivity contribution < 1.29 is 38.4 Å². The van der Waals surface area contributed by atoms with Crippen molar-refractivity contribution in [3.05, 3.63) is 36.4 Å². The first-order chi connectivity index (χ1) is 9.73. The Hall–Kier alpha value is -1.74. The molecule has 0 amide bonds. The fourth-order valence-electron chi connectivity index (χ4n) is 1.87. The van der Waals surface area contributed by atoms with Crippen LogP contribution >= 0.6 is 0 Å². The van der Waals surface area contributed by atoms with Gasteiger partial charge in [0.15, 0.2) is 0 Å². The van der Waals surface area contributed by atoms with E-state index in [9.17, 15) is 0 Å². The molecule has 0 heterocycles. The fourth-order valence-corrected chi connectivity index (χ4v) is 1.87. The van der Waals surface area contributed by atoms with E-state index in [4.69, 9.17) is 18.9 Å². The Kier molecular flexibility index (Phi) is 6.51. The maximum absolute atomic E-state index is 5.29. The van der Waals surface area contributed by atoms with Crippen LogP contribution in [0.1, 0.15) is 0 Å². The van der Waals surface area contributed by atoms with Crippen LogP contribution in [0.2, 0.25) is 0 Å². The SMILES string of the molecule is COc1c[c-]c(-c2[c-]cc(OC)c(OC)c2)cc1OC.[Zn+2]. The molecular weight excluding hydrogens is 322 g/mol. The summed E-state index contributed by atoms with van der Waals surface area (Å²) in [6.07, 6.45) is 0. The van der Waals surface area contributed by atoms with Gasteiger partial charge in [-0.25, -0.2) is 11.1 Å². The fraction of sp³-hybridized carbons (Fsp3) is 0.250. The van der Waals surface area contributed by atoms with Gasteiger partial charge in [0.1, 0.15) is 0 Å². The van der Waals surface area contributed by atoms with Gasteiger partial charge in [-0.3, -0.25) is 0 Å². The Morgan fingerprint density at radius 2 is 0.952 bits per heavy atom. The average molecular weight is 338 g/mol. The Labute approximate surface area is 137 Å². The van der Waals surface area contributed by atoms with Gasteiger partial charge in [0.2, 0.25) is 0 Å². The first-order valence-corrected chi connectivity index (χ1v) is 6.01. The van der Waals surface area contributed by atoms with Gasteiger partial charge in [-0.05, 0) is 0 Å². The number of hydrogen-bond acceptors (Lipinski definition) is 4. The van der Waals surface area contributed by atoms with E-state index in [1.165, 1.54) is 0 Å². The maximum Gasteiger partial charge on any atom is 2.00 e. The molecule has 0 N–H and O–H groups in total. The first kappa shape index (κ1) is 17.3. The molecule has 5 heteroatoms. The van der Waals surface area contributed by atoms with Gasteiger partial charge in [0.05, 0.1) is 51.4 Å². The minimum atomic E-state index is 0. The van der Waals surface area contributed by atoms with Crippen LogP contribution in [-0.4, -0.2) is 28.4 Å². The topological polar surface area (TPSA) is 36.9 Å². The molecular formula is C16H16O4Zn. The molecule has 0 spiro atoms. The molecule has 0 aromatic heterocycles. The largest absolute Gasteiger partial charge is 2.00 e. The molecule has 0 atom stereocenters. The number of methoxy groups -OCH3 is 4. The summed E-state index contributed by atoms with van der Waals surface area (Å²) < 4.78 is 21.0. The molecule has 0 unspecified atom stereocenters. The summed E-state index contributed by atoms with van der Waals surface area (Å²) in [5, 5.41) is 0. The Balaban J connectivity index is 0.00000220. The molecule has 0 aliphatic rings. The van der Waals surface area contributed by atoms with Crippen molar-refractivity contribution >= 4 is 0 Å². The minimum Gasteiger partial charge on any atom is -0.536 e. The Bertz CT molecular complexity index is 545. The van der Waals surface area contributed by atoms with Gasteiger partial charge < -0.3 is 18.9 Å². The van der Waals surface area contributed by atoms with Crippen molar-refractivity contribution in [1.29, 1.82) is 0 Å². The van der Waals surface area contributed by atoms with Crippen LogP contribution in [0.3, 0.4) is 0 Å². The number of ether oxygens (including phenoxy) is 4. The molecule has 2 rings (SSSR count). The minimum absolute atomic E-state index is 0. The zero-order chi connectivity index (χ0) is 14.5. The van der Waals surface area contributed by atoms with Gasteiger partial charge in [-0.15, -0.1) is 24.3 Å². The third-order valence-corrected chi connectivity index (χ3v) is 2.92. The normalized spacial score (nSPS) is 9.52. The third-order valence-electron chi connectivity index (χ3n) is 2.92.